The molecule has 1 atom stereocenters. The van der Waals surface area contributed by atoms with Crippen molar-refractivity contribution in [2.45, 2.75) is 39.2 Å². The van der Waals surface area contributed by atoms with Crippen LogP contribution in [0.25, 0.3) is 21.5 Å². The fourth-order valence-electron chi connectivity index (χ4n) is 4.49. The molecule has 158 valence electrons. The first-order chi connectivity index (χ1) is 14.9. The van der Waals surface area contributed by atoms with Gasteiger partial charge >= 0.3 is 0 Å². The molecular formula is C24H23ClN4OS. The molecule has 5 nitrogen and oxygen atoms in total. The molecule has 1 saturated heterocycles. The third kappa shape index (κ3) is 3.34. The monoisotopic (exact) mass is 450 g/mol. The number of aromatic nitrogens is 3. The minimum atomic E-state index is -0.508. The van der Waals surface area contributed by atoms with Crippen LogP contribution in [0.15, 0.2) is 42.5 Å². The normalized spacial score (nSPS) is 18.8. The molecule has 1 aliphatic heterocycles. The number of nitrogens with one attached hydrogen (secondary N) is 1. The van der Waals surface area contributed by atoms with E-state index in [4.69, 9.17) is 16.6 Å². The van der Waals surface area contributed by atoms with Crippen LogP contribution < -0.4 is 0 Å². The van der Waals surface area contributed by atoms with Gasteiger partial charge in [-0.25, -0.2) is 9.97 Å². The van der Waals surface area contributed by atoms with E-state index in [0.717, 1.165) is 50.7 Å². The van der Waals surface area contributed by atoms with Crippen molar-refractivity contribution >= 4 is 39.9 Å². The predicted octanol–water partition coefficient (Wildman–Crippen LogP) is 6.11. The van der Waals surface area contributed by atoms with Crippen LogP contribution in [0.1, 0.15) is 46.6 Å². The molecular weight excluding hydrogens is 428 g/mol. The molecule has 0 spiro atoms. The molecule has 4 aromatic rings. The number of hydrogen-bond donors (Lipinski definition) is 1. The zero-order valence-electron chi connectivity index (χ0n) is 17.7. The van der Waals surface area contributed by atoms with Crippen molar-refractivity contribution < 1.29 is 4.79 Å². The van der Waals surface area contributed by atoms with Gasteiger partial charge in [0, 0.05) is 11.6 Å². The maximum atomic E-state index is 13.8. The lowest BCUT2D eigenvalue weighted by Gasteiger charge is -2.33. The molecule has 0 aliphatic carbocycles. The fraction of sp³-hybridized carbons (Fsp3) is 0.292. The van der Waals surface area contributed by atoms with Crippen LogP contribution in [-0.4, -0.2) is 32.3 Å². The molecule has 0 unspecified atom stereocenters. The Labute approximate surface area is 190 Å². The van der Waals surface area contributed by atoms with Gasteiger partial charge in [0.25, 0.3) is 5.91 Å². The van der Waals surface area contributed by atoms with Crippen molar-refractivity contribution in [3.8, 4) is 10.4 Å². The Morgan fingerprint density at radius 1 is 1.19 bits per heavy atom. The Kier molecular flexibility index (Phi) is 4.87. The van der Waals surface area contributed by atoms with Crippen LogP contribution in [0, 0.1) is 13.8 Å². The third-order valence-corrected chi connectivity index (χ3v) is 7.39. The van der Waals surface area contributed by atoms with Crippen LogP contribution in [-0.2, 0) is 5.54 Å². The van der Waals surface area contributed by atoms with Gasteiger partial charge in [0.05, 0.1) is 26.5 Å². The molecule has 1 aliphatic rings. The number of H-pyrrole nitrogens is 1. The Bertz CT molecular complexity index is 1310. The molecule has 1 fully saturated rings. The van der Waals surface area contributed by atoms with Crippen molar-refractivity contribution in [2.75, 3.05) is 6.54 Å². The van der Waals surface area contributed by atoms with E-state index in [-0.39, 0.29) is 5.91 Å². The number of thiazole rings is 1. The van der Waals surface area contributed by atoms with E-state index in [1.807, 2.05) is 48.2 Å². The van der Waals surface area contributed by atoms with E-state index in [2.05, 4.69) is 29.9 Å². The zero-order valence-corrected chi connectivity index (χ0v) is 19.3. The lowest BCUT2D eigenvalue weighted by atomic mass is 9.97. The minimum absolute atomic E-state index is 0.0588. The smallest absolute Gasteiger partial charge is 0.274 e. The molecule has 1 amide bonds. The van der Waals surface area contributed by atoms with Gasteiger partial charge in [0.2, 0.25) is 0 Å². The van der Waals surface area contributed by atoms with Crippen LogP contribution >= 0.6 is 22.9 Å². The first-order valence-corrected chi connectivity index (χ1v) is 11.6. The summed E-state index contributed by atoms with van der Waals surface area (Å²) in [6.45, 7) is 6.77. The van der Waals surface area contributed by atoms with Crippen LogP contribution in [0.4, 0.5) is 0 Å². The lowest BCUT2D eigenvalue weighted by Crippen LogP contribution is -2.44. The topological polar surface area (TPSA) is 61.9 Å². The number of carbonyl (C=O) groups excluding carboxylic acids is 1. The number of aryl methyl sites for hydroxylation is 2. The second kappa shape index (κ2) is 7.46. The minimum Gasteiger partial charge on any atom is -0.340 e. The highest BCUT2D eigenvalue weighted by Gasteiger charge is 2.44. The molecule has 0 bridgehead atoms. The average Bonchev–Trinajstić information content (AvgIpc) is 3.45. The molecule has 31 heavy (non-hydrogen) atoms. The summed E-state index contributed by atoms with van der Waals surface area (Å²) in [6, 6.07) is 13.7. The van der Waals surface area contributed by atoms with E-state index in [1.165, 1.54) is 11.3 Å². The number of hydrogen-bond acceptors (Lipinski definition) is 4. The van der Waals surface area contributed by atoms with Gasteiger partial charge in [0.1, 0.15) is 11.5 Å². The van der Waals surface area contributed by atoms with Gasteiger partial charge < -0.3 is 9.88 Å². The molecule has 2 aromatic heterocycles. The molecule has 0 radical (unpaired) electrons. The van der Waals surface area contributed by atoms with Gasteiger partial charge in [-0.2, -0.15) is 0 Å². The van der Waals surface area contributed by atoms with Gasteiger partial charge in [0.15, 0.2) is 0 Å². The Morgan fingerprint density at radius 2 is 2.00 bits per heavy atom. The third-order valence-electron chi connectivity index (χ3n) is 6.13. The average molecular weight is 451 g/mol. The van der Waals surface area contributed by atoms with Crippen LogP contribution in [0.2, 0.25) is 5.02 Å². The summed E-state index contributed by atoms with van der Waals surface area (Å²) in [5.41, 5.74) is 3.98. The molecule has 1 N–H and O–H groups in total. The molecule has 2 aromatic carbocycles. The maximum Gasteiger partial charge on any atom is 0.274 e. The highest BCUT2D eigenvalue weighted by molar-refractivity contribution is 7.15. The number of imidazole rings is 1. The van der Waals surface area contributed by atoms with E-state index in [0.29, 0.717) is 17.3 Å². The number of halogens is 1. The Morgan fingerprint density at radius 3 is 2.77 bits per heavy atom. The molecule has 3 heterocycles. The Hall–Kier alpha value is -2.70. The summed E-state index contributed by atoms with van der Waals surface area (Å²) in [6.07, 6.45) is 1.78. The summed E-state index contributed by atoms with van der Waals surface area (Å²) < 4.78 is 0. The number of fused-ring (bicyclic) bond motifs is 1. The van der Waals surface area contributed by atoms with Crippen molar-refractivity contribution in [3.63, 3.8) is 0 Å². The number of likely N-dealkylation sites (tertiary alicyclic amines) is 1. The molecule has 5 rings (SSSR count). The van der Waals surface area contributed by atoms with E-state index in [9.17, 15) is 4.79 Å². The van der Waals surface area contributed by atoms with Gasteiger partial charge in [-0.3, -0.25) is 4.79 Å². The highest BCUT2D eigenvalue weighted by Crippen LogP contribution is 2.41. The number of para-hydroxylation sites is 1. The van der Waals surface area contributed by atoms with Gasteiger partial charge in [-0.05, 0) is 62.9 Å². The molecule has 7 heteroatoms. The quantitative estimate of drug-likeness (QED) is 0.409. The largest absolute Gasteiger partial charge is 0.340 e. The van der Waals surface area contributed by atoms with Crippen molar-refractivity contribution in [3.05, 3.63) is 69.6 Å². The zero-order chi connectivity index (χ0) is 21.8. The van der Waals surface area contributed by atoms with E-state index < -0.39 is 5.54 Å². The predicted molar refractivity (Wildman–Crippen MR) is 126 cm³/mol. The Balaban J connectivity index is 1.57. The summed E-state index contributed by atoms with van der Waals surface area (Å²) in [4.78, 5) is 29.6. The van der Waals surface area contributed by atoms with Gasteiger partial charge in [-0.1, -0.05) is 35.9 Å². The summed E-state index contributed by atoms with van der Waals surface area (Å²) in [5, 5.41) is 1.50. The van der Waals surface area contributed by atoms with E-state index in [1.54, 1.807) is 0 Å². The standard InChI is InChI=1S/C24H23ClN4OS/c1-14-7-4-10-18-19(14)28-23(27-18)24(3)11-6-12-29(24)22(30)20-21(31-15(2)26-20)16-8-5-9-17(25)13-16/h4-5,7-10,13H,6,11-12H2,1-3H3,(H,27,28)/t24-/m0/s1. The lowest BCUT2D eigenvalue weighted by molar-refractivity contribution is 0.0601. The van der Waals surface area contributed by atoms with E-state index >= 15 is 0 Å². The number of carbonyl (C=O) groups is 1. The number of aromatic amines is 1. The summed E-state index contributed by atoms with van der Waals surface area (Å²) >= 11 is 7.74. The fourth-order valence-corrected chi connectivity index (χ4v) is 5.59. The van der Waals surface area contributed by atoms with Crippen molar-refractivity contribution in [1.82, 2.24) is 19.9 Å². The van der Waals surface area contributed by atoms with Crippen LogP contribution in [0.3, 0.4) is 0 Å². The van der Waals surface area contributed by atoms with Crippen molar-refractivity contribution in [1.29, 1.82) is 0 Å². The maximum absolute atomic E-state index is 13.8. The summed E-state index contributed by atoms with van der Waals surface area (Å²) in [5.74, 6) is 0.774. The number of rotatable bonds is 3. The second-order valence-corrected chi connectivity index (χ2v) is 9.95. The second-order valence-electron chi connectivity index (χ2n) is 8.31. The van der Waals surface area contributed by atoms with Crippen LogP contribution in [0.5, 0.6) is 0 Å². The highest BCUT2D eigenvalue weighted by atomic mass is 35.5. The number of amides is 1. The number of benzene rings is 2. The summed E-state index contributed by atoms with van der Waals surface area (Å²) in [7, 11) is 0. The number of nitrogens with zero attached hydrogens (tertiary/aromatic N) is 3. The SMILES string of the molecule is Cc1nc(C(=O)N2CCC[C@@]2(C)c2nc3c(C)cccc3[nH]2)c(-c2cccc(Cl)c2)s1. The van der Waals surface area contributed by atoms with Crippen molar-refractivity contribution in [2.24, 2.45) is 0 Å². The first-order valence-electron chi connectivity index (χ1n) is 10.4. The molecule has 0 saturated carbocycles. The first kappa shape index (κ1) is 20.2. The van der Waals surface area contributed by atoms with Gasteiger partial charge in [-0.15, -0.1) is 11.3 Å².